The van der Waals surface area contributed by atoms with Gasteiger partial charge in [0.25, 0.3) is 5.69 Å². The molecule has 0 unspecified atom stereocenters. The van der Waals surface area contributed by atoms with Crippen LogP contribution in [0.25, 0.3) is 0 Å². The smallest absolute Gasteiger partial charge is 0.270 e. The van der Waals surface area contributed by atoms with Gasteiger partial charge in [0.15, 0.2) is 0 Å². The van der Waals surface area contributed by atoms with Gasteiger partial charge in [-0.15, -0.1) is 0 Å². The molecule has 2 aromatic rings. The number of hydrogen-bond acceptors (Lipinski definition) is 7. The number of nitrogens with two attached hydrogens (primary N) is 1. The van der Waals surface area contributed by atoms with E-state index in [2.05, 4.69) is 10.2 Å². The van der Waals surface area contributed by atoms with Gasteiger partial charge in [-0.05, 0) is 49.7 Å². The van der Waals surface area contributed by atoms with Crippen LogP contribution in [-0.4, -0.2) is 45.0 Å². The summed E-state index contributed by atoms with van der Waals surface area (Å²) in [5, 5.41) is 19.5. The Bertz CT molecular complexity index is 989. The Labute approximate surface area is 176 Å². The Balaban J connectivity index is 1.88. The predicted octanol–water partition coefficient (Wildman–Crippen LogP) is 2.89. The van der Waals surface area contributed by atoms with Crippen LogP contribution in [-0.2, 0) is 10.0 Å². The molecule has 3 rings (SSSR count). The molecule has 9 nitrogen and oxygen atoms in total. The molecule has 0 saturated carbocycles. The summed E-state index contributed by atoms with van der Waals surface area (Å²) in [4.78, 5) is 12.5. The normalized spacial score (nSPS) is 16.1. The van der Waals surface area contributed by atoms with Crippen molar-refractivity contribution in [3.63, 3.8) is 0 Å². The van der Waals surface area contributed by atoms with Gasteiger partial charge in [0.05, 0.1) is 23.8 Å². The maximum absolute atomic E-state index is 12.0. The van der Waals surface area contributed by atoms with E-state index in [1.54, 1.807) is 7.11 Å². The van der Waals surface area contributed by atoms with Crippen LogP contribution >= 0.6 is 0 Å². The predicted molar refractivity (Wildman–Crippen MR) is 114 cm³/mol. The number of methoxy groups -OCH3 is 1. The Morgan fingerprint density at radius 3 is 2.40 bits per heavy atom. The van der Waals surface area contributed by atoms with E-state index in [0.29, 0.717) is 6.54 Å². The molecule has 10 heteroatoms. The molecule has 1 atom stereocenters. The van der Waals surface area contributed by atoms with Crippen molar-refractivity contribution in [1.82, 2.24) is 4.90 Å². The van der Waals surface area contributed by atoms with Gasteiger partial charge in [-0.1, -0.05) is 18.6 Å². The highest BCUT2D eigenvalue weighted by Crippen LogP contribution is 2.29. The van der Waals surface area contributed by atoms with Crippen LogP contribution in [0.4, 0.5) is 11.4 Å². The Morgan fingerprint density at radius 2 is 1.83 bits per heavy atom. The lowest BCUT2D eigenvalue weighted by Gasteiger charge is -2.35. The van der Waals surface area contributed by atoms with Crippen molar-refractivity contribution >= 4 is 21.4 Å². The van der Waals surface area contributed by atoms with Crippen LogP contribution in [0.1, 0.15) is 30.9 Å². The summed E-state index contributed by atoms with van der Waals surface area (Å²) < 4.78 is 29.3. The molecule has 1 aliphatic heterocycles. The summed E-state index contributed by atoms with van der Waals surface area (Å²) in [6.45, 7) is 2.31. The van der Waals surface area contributed by atoms with E-state index in [4.69, 9.17) is 9.88 Å². The number of benzene rings is 2. The van der Waals surface area contributed by atoms with E-state index >= 15 is 0 Å². The van der Waals surface area contributed by atoms with Gasteiger partial charge in [0.2, 0.25) is 10.0 Å². The maximum Gasteiger partial charge on any atom is 0.270 e. The van der Waals surface area contributed by atoms with Gasteiger partial charge >= 0.3 is 0 Å². The van der Waals surface area contributed by atoms with Gasteiger partial charge in [-0.2, -0.15) is 0 Å². The summed E-state index contributed by atoms with van der Waals surface area (Å²) in [6, 6.07) is 11.4. The molecule has 162 valence electrons. The highest BCUT2D eigenvalue weighted by atomic mass is 32.2. The molecule has 0 aliphatic carbocycles. The second-order valence-electron chi connectivity index (χ2n) is 7.25. The Hall–Kier alpha value is -2.69. The summed E-state index contributed by atoms with van der Waals surface area (Å²) in [6.07, 6.45) is 3.40. The Kier molecular flexibility index (Phi) is 6.91. The second-order valence-corrected chi connectivity index (χ2v) is 8.78. The highest BCUT2D eigenvalue weighted by Gasteiger charge is 2.24. The minimum absolute atomic E-state index is 0.000253. The molecule has 0 bridgehead atoms. The average Bonchev–Trinajstić information content (AvgIpc) is 2.74. The van der Waals surface area contributed by atoms with E-state index in [1.165, 1.54) is 18.6 Å². The number of sulfonamides is 1. The van der Waals surface area contributed by atoms with Crippen LogP contribution < -0.4 is 15.2 Å². The van der Waals surface area contributed by atoms with Crippen molar-refractivity contribution in [1.29, 1.82) is 0 Å². The molecule has 0 amide bonds. The van der Waals surface area contributed by atoms with Gasteiger partial charge in [0.1, 0.15) is 10.6 Å². The number of likely N-dealkylation sites (tertiary alicyclic amines) is 1. The number of nitro groups is 1. The lowest BCUT2D eigenvalue weighted by atomic mass is 10.0. The van der Waals surface area contributed by atoms with Crippen molar-refractivity contribution in [3.05, 3.63) is 58.1 Å². The van der Waals surface area contributed by atoms with Crippen LogP contribution in [0.3, 0.4) is 0 Å². The second kappa shape index (κ2) is 9.41. The standard InChI is InChI=1S/C20H26N4O5S/c1-29-17-8-5-15(6-9-17)19(23-11-3-2-4-12-23)14-22-18-10-7-16(24(25)26)13-20(18)30(21,27)28/h5-10,13,19,22H,2-4,11-12,14H2,1H3,(H2,21,27,28)/t19-/m0/s1. The van der Waals surface area contributed by atoms with Crippen molar-refractivity contribution in [2.75, 3.05) is 32.1 Å². The number of nitro benzene ring substituents is 1. The van der Waals surface area contributed by atoms with Gasteiger partial charge < -0.3 is 10.1 Å². The quantitative estimate of drug-likeness (QED) is 0.483. The van der Waals surface area contributed by atoms with E-state index in [1.807, 2.05) is 24.3 Å². The molecular formula is C20H26N4O5S. The van der Waals surface area contributed by atoms with E-state index < -0.39 is 14.9 Å². The Morgan fingerprint density at radius 1 is 1.17 bits per heavy atom. The topological polar surface area (TPSA) is 128 Å². The fourth-order valence-electron chi connectivity index (χ4n) is 3.73. The third kappa shape index (κ3) is 5.26. The molecular weight excluding hydrogens is 408 g/mol. The molecule has 0 aromatic heterocycles. The number of nitrogens with zero attached hydrogens (tertiary/aromatic N) is 2. The summed E-state index contributed by atoms with van der Waals surface area (Å²) in [7, 11) is -2.52. The van der Waals surface area contributed by atoms with Gasteiger partial charge in [-0.3, -0.25) is 15.0 Å². The van der Waals surface area contributed by atoms with Crippen LogP contribution in [0.15, 0.2) is 47.4 Å². The summed E-state index contributed by atoms with van der Waals surface area (Å²) in [5.74, 6) is 0.760. The number of non-ortho nitro benzene ring substituents is 1. The van der Waals surface area contributed by atoms with Gasteiger partial charge in [0, 0.05) is 18.7 Å². The fourth-order valence-corrected chi connectivity index (χ4v) is 4.46. The lowest BCUT2D eigenvalue weighted by Crippen LogP contribution is -2.37. The third-order valence-electron chi connectivity index (χ3n) is 5.30. The summed E-state index contributed by atoms with van der Waals surface area (Å²) in [5.41, 5.74) is 0.996. The number of primary sulfonamides is 1. The summed E-state index contributed by atoms with van der Waals surface area (Å²) >= 11 is 0. The molecule has 2 aromatic carbocycles. The minimum atomic E-state index is -4.13. The number of hydrogen-bond donors (Lipinski definition) is 2. The van der Waals surface area contributed by atoms with Gasteiger partial charge in [-0.25, -0.2) is 13.6 Å². The average molecular weight is 435 g/mol. The maximum atomic E-state index is 12.0. The number of piperidine rings is 1. The largest absolute Gasteiger partial charge is 0.497 e. The zero-order chi connectivity index (χ0) is 21.7. The molecule has 1 saturated heterocycles. The number of ether oxygens (including phenoxy) is 1. The molecule has 0 radical (unpaired) electrons. The van der Waals surface area contributed by atoms with Crippen LogP contribution in [0.2, 0.25) is 0 Å². The first-order valence-electron chi connectivity index (χ1n) is 9.72. The van der Waals surface area contributed by atoms with Crippen molar-refractivity contribution in [2.24, 2.45) is 5.14 Å². The third-order valence-corrected chi connectivity index (χ3v) is 6.25. The van der Waals surface area contributed by atoms with Crippen LogP contribution in [0.5, 0.6) is 5.75 Å². The first kappa shape index (κ1) is 22.0. The van der Waals surface area contributed by atoms with E-state index in [-0.39, 0.29) is 22.3 Å². The van der Waals surface area contributed by atoms with Crippen molar-refractivity contribution in [3.8, 4) is 5.75 Å². The van der Waals surface area contributed by atoms with Crippen molar-refractivity contribution in [2.45, 2.75) is 30.2 Å². The SMILES string of the molecule is COc1ccc([C@H](CNc2ccc([N+](=O)[O-])cc2S(N)(=O)=O)N2CCCCC2)cc1. The molecule has 1 fully saturated rings. The van der Waals surface area contributed by atoms with Crippen LogP contribution in [0, 0.1) is 10.1 Å². The molecule has 0 spiro atoms. The highest BCUT2D eigenvalue weighted by molar-refractivity contribution is 7.89. The molecule has 1 aliphatic rings. The number of nitrogens with one attached hydrogen (secondary N) is 1. The first-order valence-corrected chi connectivity index (χ1v) is 11.3. The lowest BCUT2D eigenvalue weighted by molar-refractivity contribution is -0.385. The van der Waals surface area contributed by atoms with E-state index in [9.17, 15) is 18.5 Å². The molecule has 30 heavy (non-hydrogen) atoms. The van der Waals surface area contributed by atoms with Crippen molar-refractivity contribution < 1.29 is 18.1 Å². The van der Waals surface area contributed by atoms with E-state index in [0.717, 1.165) is 43.3 Å². The number of rotatable bonds is 8. The zero-order valence-corrected chi connectivity index (χ0v) is 17.6. The molecule has 3 N–H and O–H groups in total. The minimum Gasteiger partial charge on any atom is -0.497 e. The first-order chi connectivity index (χ1) is 14.3. The zero-order valence-electron chi connectivity index (χ0n) is 16.8. The fraction of sp³-hybridized carbons (Fsp3) is 0.400. The number of anilines is 1. The monoisotopic (exact) mass is 434 g/mol. The molecule has 1 heterocycles.